The van der Waals surface area contributed by atoms with Gasteiger partial charge in [-0.3, -0.25) is 4.90 Å². The predicted molar refractivity (Wildman–Crippen MR) is 171 cm³/mol. The number of hydrogen-bond donors (Lipinski definition) is 1. The highest BCUT2D eigenvalue weighted by Crippen LogP contribution is 2.66. The number of fused-ring (bicyclic) bond motifs is 2. The molecule has 214 valence electrons. The van der Waals surface area contributed by atoms with Gasteiger partial charge in [0, 0.05) is 30.5 Å². The number of hydrogen-bond acceptors (Lipinski definition) is 2. The molecule has 0 bridgehead atoms. The van der Waals surface area contributed by atoms with Crippen LogP contribution in [0.25, 0.3) is 0 Å². The van der Waals surface area contributed by atoms with Gasteiger partial charge in [-0.15, -0.1) is 0 Å². The summed E-state index contributed by atoms with van der Waals surface area (Å²) in [7, 11) is 0. The van der Waals surface area contributed by atoms with Gasteiger partial charge in [0.25, 0.3) is 0 Å². The van der Waals surface area contributed by atoms with Crippen LogP contribution in [0.1, 0.15) is 73.1 Å². The minimum atomic E-state index is 0. The second-order valence-electron chi connectivity index (χ2n) is 13.3. The average Bonchev–Trinajstić information content (AvgIpc) is 3.46. The summed E-state index contributed by atoms with van der Waals surface area (Å²) in [6.45, 7) is 19.7. The molecule has 0 amide bonds. The Balaban J connectivity index is 0.000000167. The summed E-state index contributed by atoms with van der Waals surface area (Å²) in [5.74, 6) is 3.52. The van der Waals surface area contributed by atoms with Crippen LogP contribution in [0.3, 0.4) is 0 Å². The zero-order valence-corrected chi connectivity index (χ0v) is 25.1. The van der Waals surface area contributed by atoms with Crippen molar-refractivity contribution in [3.8, 4) is 0 Å². The molecule has 7 rings (SSSR count). The fourth-order valence-corrected chi connectivity index (χ4v) is 9.23. The predicted octanol–water partition coefficient (Wildman–Crippen LogP) is 8.15. The molecule has 3 aromatic rings. The van der Waals surface area contributed by atoms with E-state index in [1.165, 1.54) is 66.8 Å². The molecule has 0 spiro atoms. The molecular formula is C38H52N2. The molecule has 2 saturated carbocycles. The van der Waals surface area contributed by atoms with E-state index in [-0.39, 0.29) is 7.43 Å². The maximum Gasteiger partial charge on any atom is 0.0233 e. The quantitative estimate of drug-likeness (QED) is 0.342. The van der Waals surface area contributed by atoms with Crippen LogP contribution >= 0.6 is 0 Å². The molecule has 2 saturated heterocycles. The molecule has 2 heterocycles. The Hall–Kier alpha value is -2.42. The lowest BCUT2D eigenvalue weighted by atomic mass is 9.85. The van der Waals surface area contributed by atoms with E-state index in [1.54, 1.807) is 11.1 Å². The summed E-state index contributed by atoms with van der Waals surface area (Å²) in [6.07, 6.45) is 2.58. The van der Waals surface area contributed by atoms with Crippen molar-refractivity contribution >= 4 is 0 Å². The SMILES string of the molecule is C.CCC1(c2cc(C)cc(C)c2)[C@@H]2CN(Cc3ccccc3)C[C@@H]21.CCC1(c2cc(C)cc(C)c2)[C@@H]2CNC[C@@H]21. The van der Waals surface area contributed by atoms with Crippen molar-refractivity contribution in [2.45, 2.75) is 79.2 Å². The van der Waals surface area contributed by atoms with Crippen molar-refractivity contribution in [1.29, 1.82) is 0 Å². The number of piperidine rings is 2. The number of likely N-dealkylation sites (tertiary alicyclic amines) is 1. The van der Waals surface area contributed by atoms with E-state index in [0.717, 1.165) is 30.2 Å². The maximum absolute atomic E-state index is 3.51. The molecule has 4 aliphatic rings. The lowest BCUT2D eigenvalue weighted by Crippen LogP contribution is -2.29. The molecule has 0 aromatic heterocycles. The molecule has 3 aromatic carbocycles. The standard InChI is InChI=1S/C22H27N.C15H21N.CH4/c1-4-22(19-11-16(2)10-17(3)12-19)20-14-23(15-21(20)22)13-18-8-6-5-7-9-18;1-4-15(13-8-16-9-14(13)15)12-6-10(2)5-11(3)7-12;/h5-12,20-21H,4,13-15H2,1-3H3;5-7,13-14,16H,4,8-9H2,1-3H3;1H4/t20-,21+,22?;13-,14+,15?;. The fraction of sp³-hybridized carbons (Fsp3) is 0.526. The number of aryl methyl sites for hydroxylation is 4. The van der Waals surface area contributed by atoms with Crippen LogP contribution in [0.4, 0.5) is 0 Å². The molecule has 2 aliphatic carbocycles. The summed E-state index contributed by atoms with van der Waals surface area (Å²) in [5, 5.41) is 3.51. The third kappa shape index (κ3) is 4.86. The molecule has 40 heavy (non-hydrogen) atoms. The molecule has 2 unspecified atom stereocenters. The number of rotatable bonds is 6. The Morgan fingerprint density at radius 3 is 1.50 bits per heavy atom. The molecule has 4 fully saturated rings. The van der Waals surface area contributed by atoms with E-state index in [9.17, 15) is 0 Å². The van der Waals surface area contributed by atoms with Crippen LogP contribution in [0.15, 0.2) is 66.7 Å². The minimum Gasteiger partial charge on any atom is -0.316 e. The van der Waals surface area contributed by atoms with Gasteiger partial charge in [0.2, 0.25) is 0 Å². The van der Waals surface area contributed by atoms with Gasteiger partial charge in [0.15, 0.2) is 0 Å². The van der Waals surface area contributed by atoms with Gasteiger partial charge in [-0.25, -0.2) is 0 Å². The van der Waals surface area contributed by atoms with Crippen molar-refractivity contribution in [3.63, 3.8) is 0 Å². The van der Waals surface area contributed by atoms with Crippen molar-refractivity contribution in [1.82, 2.24) is 10.2 Å². The first-order valence-corrected chi connectivity index (χ1v) is 15.5. The second-order valence-corrected chi connectivity index (χ2v) is 13.3. The second kappa shape index (κ2) is 11.1. The monoisotopic (exact) mass is 536 g/mol. The first kappa shape index (κ1) is 29.1. The Morgan fingerprint density at radius 1 is 0.650 bits per heavy atom. The molecule has 6 atom stereocenters. The maximum atomic E-state index is 3.51. The van der Waals surface area contributed by atoms with Crippen LogP contribution in [-0.4, -0.2) is 31.1 Å². The van der Waals surface area contributed by atoms with Crippen LogP contribution in [0.2, 0.25) is 0 Å². The number of nitrogens with one attached hydrogen (secondary N) is 1. The topological polar surface area (TPSA) is 15.3 Å². The van der Waals surface area contributed by atoms with E-state index in [2.05, 4.69) is 118 Å². The molecule has 2 heteroatoms. The summed E-state index contributed by atoms with van der Waals surface area (Å²) in [5.41, 5.74) is 11.3. The van der Waals surface area contributed by atoms with Crippen LogP contribution in [0.5, 0.6) is 0 Å². The van der Waals surface area contributed by atoms with Gasteiger partial charge in [-0.2, -0.15) is 0 Å². The smallest absolute Gasteiger partial charge is 0.0233 e. The van der Waals surface area contributed by atoms with Crippen LogP contribution in [-0.2, 0) is 17.4 Å². The third-order valence-corrected chi connectivity index (χ3v) is 11.0. The van der Waals surface area contributed by atoms with Crippen molar-refractivity contribution in [2.24, 2.45) is 23.7 Å². The molecule has 2 aliphatic heterocycles. The highest BCUT2D eigenvalue weighted by molar-refractivity contribution is 5.44. The average molecular weight is 537 g/mol. The molecule has 1 N–H and O–H groups in total. The Kier molecular flexibility index (Phi) is 8.07. The fourth-order valence-electron chi connectivity index (χ4n) is 9.23. The van der Waals surface area contributed by atoms with Crippen molar-refractivity contribution in [3.05, 3.63) is 106 Å². The Bertz CT molecular complexity index is 1260. The zero-order chi connectivity index (χ0) is 27.4. The lowest BCUT2D eigenvalue weighted by Gasteiger charge is -2.27. The van der Waals surface area contributed by atoms with Gasteiger partial charge in [0.05, 0.1) is 0 Å². The molecule has 0 radical (unpaired) electrons. The van der Waals surface area contributed by atoms with Crippen molar-refractivity contribution in [2.75, 3.05) is 26.2 Å². The van der Waals surface area contributed by atoms with E-state index >= 15 is 0 Å². The summed E-state index contributed by atoms with van der Waals surface area (Å²) in [4.78, 5) is 2.65. The van der Waals surface area contributed by atoms with Gasteiger partial charge in [0.1, 0.15) is 0 Å². The van der Waals surface area contributed by atoms with Gasteiger partial charge >= 0.3 is 0 Å². The third-order valence-electron chi connectivity index (χ3n) is 11.0. The van der Waals surface area contributed by atoms with E-state index in [0.29, 0.717) is 10.8 Å². The van der Waals surface area contributed by atoms with Crippen LogP contribution < -0.4 is 5.32 Å². The van der Waals surface area contributed by atoms with Gasteiger partial charge < -0.3 is 5.32 Å². The molecular weight excluding hydrogens is 484 g/mol. The summed E-state index contributed by atoms with van der Waals surface area (Å²) >= 11 is 0. The highest BCUT2D eigenvalue weighted by atomic mass is 15.2. The van der Waals surface area contributed by atoms with Gasteiger partial charge in [-0.05, 0) is 94.0 Å². The van der Waals surface area contributed by atoms with E-state index in [1.807, 2.05) is 0 Å². The van der Waals surface area contributed by atoms with E-state index in [4.69, 9.17) is 0 Å². The number of benzene rings is 3. The first-order chi connectivity index (χ1) is 18.8. The number of nitrogens with zero attached hydrogens (tertiary/aromatic N) is 1. The summed E-state index contributed by atoms with van der Waals surface area (Å²) < 4.78 is 0. The Labute approximate surface area is 244 Å². The minimum absolute atomic E-state index is 0. The summed E-state index contributed by atoms with van der Waals surface area (Å²) in [6, 6.07) is 25.2. The molecule has 2 nitrogen and oxygen atoms in total. The first-order valence-electron chi connectivity index (χ1n) is 15.5. The van der Waals surface area contributed by atoms with Crippen molar-refractivity contribution < 1.29 is 0 Å². The lowest BCUT2D eigenvalue weighted by molar-refractivity contribution is 0.262. The zero-order valence-electron chi connectivity index (χ0n) is 25.1. The largest absolute Gasteiger partial charge is 0.316 e. The van der Waals surface area contributed by atoms with Gasteiger partial charge in [-0.1, -0.05) is 110 Å². The highest BCUT2D eigenvalue weighted by Gasteiger charge is 2.67. The van der Waals surface area contributed by atoms with E-state index < -0.39 is 0 Å². The Morgan fingerprint density at radius 2 is 1.07 bits per heavy atom. The van der Waals surface area contributed by atoms with Crippen LogP contribution in [0, 0.1) is 51.4 Å². The normalized spacial score (nSPS) is 31.4.